The first-order valence-electron chi connectivity index (χ1n) is 7.86. The molecule has 1 saturated heterocycles. The van der Waals surface area contributed by atoms with Gasteiger partial charge in [0.15, 0.2) is 0 Å². The van der Waals surface area contributed by atoms with Crippen LogP contribution in [0.15, 0.2) is 30.5 Å². The van der Waals surface area contributed by atoms with Crippen LogP contribution in [0, 0.1) is 0 Å². The molecule has 2 heterocycles. The number of benzene rings is 1. The van der Waals surface area contributed by atoms with E-state index in [0.717, 1.165) is 31.6 Å². The number of carbonyl (C=O) groups excluding carboxylic acids is 1. The molecule has 2 atom stereocenters. The molecule has 5 nitrogen and oxygen atoms in total. The third kappa shape index (κ3) is 3.31. The van der Waals surface area contributed by atoms with Crippen LogP contribution in [0.5, 0.6) is 0 Å². The van der Waals surface area contributed by atoms with Gasteiger partial charge in [-0.15, -0.1) is 0 Å². The summed E-state index contributed by atoms with van der Waals surface area (Å²) in [5, 5.41) is 14.3. The maximum absolute atomic E-state index is 11.2. The molecular formula is C17H23N3O2. The molecule has 1 aliphatic rings. The fourth-order valence-electron chi connectivity index (χ4n) is 3.23. The first kappa shape index (κ1) is 15.1. The first-order valence-corrected chi connectivity index (χ1v) is 7.86. The molecule has 1 aromatic carbocycles. The van der Waals surface area contributed by atoms with Crippen LogP contribution in [-0.2, 0) is 11.3 Å². The number of amides is 1. The largest absolute Gasteiger partial charge is 0.391 e. The second kappa shape index (κ2) is 6.50. The zero-order valence-corrected chi connectivity index (χ0v) is 12.9. The van der Waals surface area contributed by atoms with Gasteiger partial charge in [-0.1, -0.05) is 18.2 Å². The van der Waals surface area contributed by atoms with Crippen molar-refractivity contribution in [3.63, 3.8) is 0 Å². The summed E-state index contributed by atoms with van der Waals surface area (Å²) in [5.41, 5.74) is 2.44. The molecule has 1 aliphatic heterocycles. The predicted molar refractivity (Wildman–Crippen MR) is 86.4 cm³/mol. The minimum Gasteiger partial charge on any atom is -0.391 e. The van der Waals surface area contributed by atoms with Gasteiger partial charge in [0.2, 0.25) is 5.91 Å². The summed E-state index contributed by atoms with van der Waals surface area (Å²) in [4.78, 5) is 16.9. The Labute approximate surface area is 130 Å². The lowest BCUT2D eigenvalue weighted by atomic mass is 10.1. The van der Waals surface area contributed by atoms with E-state index in [1.54, 1.807) is 0 Å². The number of H-pyrrole nitrogens is 1. The molecule has 1 aromatic heterocycles. The lowest BCUT2D eigenvalue weighted by molar-refractivity contribution is -0.120. The van der Waals surface area contributed by atoms with Crippen molar-refractivity contribution in [2.24, 2.45) is 0 Å². The van der Waals surface area contributed by atoms with Gasteiger partial charge < -0.3 is 15.4 Å². The molecule has 118 valence electrons. The van der Waals surface area contributed by atoms with E-state index in [0.29, 0.717) is 6.42 Å². The Balaban J connectivity index is 1.67. The number of fused-ring (bicyclic) bond motifs is 1. The van der Waals surface area contributed by atoms with Gasteiger partial charge in [-0.2, -0.15) is 0 Å². The van der Waals surface area contributed by atoms with Crippen molar-refractivity contribution < 1.29 is 9.90 Å². The molecule has 0 saturated carbocycles. The summed E-state index contributed by atoms with van der Waals surface area (Å²) < 4.78 is 0. The highest BCUT2D eigenvalue weighted by Crippen LogP contribution is 2.21. The van der Waals surface area contributed by atoms with Gasteiger partial charge >= 0.3 is 0 Å². The Hall–Kier alpha value is -1.85. The number of rotatable bonds is 3. The van der Waals surface area contributed by atoms with Crippen LogP contribution in [0.3, 0.4) is 0 Å². The number of aliphatic hydroxyl groups excluding tert-OH is 1. The molecule has 3 rings (SSSR count). The molecule has 0 bridgehead atoms. The molecule has 0 radical (unpaired) electrons. The van der Waals surface area contributed by atoms with Crippen molar-refractivity contribution in [3.05, 3.63) is 36.0 Å². The molecule has 5 heteroatoms. The second-order valence-electron chi connectivity index (χ2n) is 6.09. The van der Waals surface area contributed by atoms with Gasteiger partial charge in [-0.3, -0.25) is 9.69 Å². The average molecular weight is 301 g/mol. The van der Waals surface area contributed by atoms with E-state index in [9.17, 15) is 9.90 Å². The van der Waals surface area contributed by atoms with Crippen molar-refractivity contribution >= 4 is 16.8 Å². The van der Waals surface area contributed by atoms with Gasteiger partial charge in [0.1, 0.15) is 0 Å². The molecule has 0 unspecified atom stereocenters. The Bertz CT molecular complexity index is 652. The fraction of sp³-hybridized carbons (Fsp3) is 0.471. The molecule has 1 fully saturated rings. The van der Waals surface area contributed by atoms with Crippen molar-refractivity contribution in [2.75, 3.05) is 13.1 Å². The van der Waals surface area contributed by atoms with Crippen LogP contribution in [0.1, 0.15) is 25.3 Å². The average Bonchev–Trinajstić information content (AvgIpc) is 2.82. The number of carbonyl (C=O) groups is 1. The number of hydrogen-bond donors (Lipinski definition) is 3. The summed E-state index contributed by atoms with van der Waals surface area (Å²) in [6.45, 7) is 4.09. The second-order valence-corrected chi connectivity index (χ2v) is 6.09. The summed E-state index contributed by atoms with van der Waals surface area (Å²) in [7, 11) is 0. The molecular weight excluding hydrogens is 278 g/mol. The van der Waals surface area contributed by atoms with E-state index in [-0.39, 0.29) is 11.9 Å². The Morgan fingerprint density at radius 1 is 1.36 bits per heavy atom. The number of hydrogen-bond acceptors (Lipinski definition) is 3. The number of aliphatic hydroxyl groups is 1. The predicted octanol–water partition coefficient (Wildman–Crippen LogP) is 1.63. The van der Waals surface area contributed by atoms with Gasteiger partial charge in [-0.05, 0) is 24.5 Å². The fourth-order valence-corrected chi connectivity index (χ4v) is 3.23. The number of nitrogens with one attached hydrogen (secondary N) is 2. The van der Waals surface area contributed by atoms with Crippen molar-refractivity contribution in [3.8, 4) is 0 Å². The van der Waals surface area contributed by atoms with Crippen LogP contribution in [0.4, 0.5) is 0 Å². The smallest absolute Gasteiger partial charge is 0.217 e. The first-order chi connectivity index (χ1) is 10.6. The molecule has 3 N–H and O–H groups in total. The Morgan fingerprint density at radius 3 is 2.95 bits per heavy atom. The van der Waals surface area contributed by atoms with E-state index in [1.807, 2.05) is 6.07 Å². The van der Waals surface area contributed by atoms with Gasteiger partial charge in [0.25, 0.3) is 0 Å². The third-order valence-corrected chi connectivity index (χ3v) is 4.42. The van der Waals surface area contributed by atoms with E-state index in [2.05, 4.69) is 39.6 Å². The lowest BCUT2D eigenvalue weighted by Gasteiger charge is -2.20. The lowest BCUT2D eigenvalue weighted by Crippen LogP contribution is -2.42. The molecule has 0 spiro atoms. The number of para-hydroxylation sites is 1. The van der Waals surface area contributed by atoms with E-state index in [1.165, 1.54) is 17.9 Å². The van der Waals surface area contributed by atoms with E-state index < -0.39 is 6.10 Å². The van der Waals surface area contributed by atoms with Gasteiger partial charge in [-0.25, -0.2) is 0 Å². The minimum absolute atomic E-state index is 0.0749. The van der Waals surface area contributed by atoms with Crippen LogP contribution >= 0.6 is 0 Å². The molecule has 0 aliphatic carbocycles. The molecule has 2 aromatic rings. The maximum atomic E-state index is 11.2. The summed E-state index contributed by atoms with van der Waals surface area (Å²) in [6.07, 6.45) is 3.07. The highest BCUT2D eigenvalue weighted by molar-refractivity contribution is 5.82. The zero-order chi connectivity index (χ0) is 15.5. The topological polar surface area (TPSA) is 68.4 Å². The van der Waals surface area contributed by atoms with Crippen LogP contribution in [0.2, 0.25) is 0 Å². The highest BCUT2D eigenvalue weighted by Gasteiger charge is 2.25. The maximum Gasteiger partial charge on any atom is 0.217 e. The van der Waals surface area contributed by atoms with Crippen LogP contribution < -0.4 is 5.32 Å². The van der Waals surface area contributed by atoms with E-state index in [4.69, 9.17) is 0 Å². The number of nitrogens with zero attached hydrogens (tertiary/aromatic N) is 1. The van der Waals surface area contributed by atoms with Crippen molar-refractivity contribution in [1.29, 1.82) is 0 Å². The van der Waals surface area contributed by atoms with E-state index >= 15 is 0 Å². The summed E-state index contributed by atoms with van der Waals surface area (Å²) >= 11 is 0. The Morgan fingerprint density at radius 2 is 2.14 bits per heavy atom. The summed E-state index contributed by atoms with van der Waals surface area (Å²) in [6, 6.07) is 8.17. The minimum atomic E-state index is -0.461. The number of likely N-dealkylation sites (tertiary alicyclic amines) is 1. The standard InChI is InChI=1S/C17H23N3O2/c1-12(21)19-16-6-8-20(9-7-17(16)22)11-13-10-18-15-5-3-2-4-14(13)15/h2-5,10,16-18,22H,6-9,11H2,1H3,(H,19,21)/t16-,17-/m0/s1. The number of aromatic amines is 1. The summed E-state index contributed by atoms with van der Waals surface area (Å²) in [5.74, 6) is -0.0749. The Kier molecular flexibility index (Phi) is 4.45. The zero-order valence-electron chi connectivity index (χ0n) is 12.9. The highest BCUT2D eigenvalue weighted by atomic mass is 16.3. The van der Waals surface area contributed by atoms with Crippen molar-refractivity contribution in [2.45, 2.75) is 38.5 Å². The van der Waals surface area contributed by atoms with Crippen molar-refractivity contribution in [1.82, 2.24) is 15.2 Å². The quantitative estimate of drug-likeness (QED) is 0.807. The van der Waals surface area contributed by atoms with Gasteiger partial charge in [0.05, 0.1) is 12.1 Å². The molecule has 1 amide bonds. The van der Waals surface area contributed by atoms with Crippen LogP contribution in [-0.4, -0.2) is 46.1 Å². The third-order valence-electron chi connectivity index (χ3n) is 4.42. The molecule has 22 heavy (non-hydrogen) atoms. The normalized spacial score (nSPS) is 23.4. The number of aromatic nitrogens is 1. The monoisotopic (exact) mass is 301 g/mol. The van der Waals surface area contributed by atoms with Gasteiger partial charge in [0, 0.05) is 43.7 Å². The SMILES string of the molecule is CC(=O)N[C@H]1CCN(Cc2c[nH]c3ccccc23)CC[C@@H]1O. The van der Waals surface area contributed by atoms with Crippen LogP contribution in [0.25, 0.3) is 10.9 Å².